The number of imidazole rings is 1. The number of aromatic nitrogens is 2. The molecule has 1 N–H and O–H groups in total. The first-order valence-electron chi connectivity index (χ1n) is 8.67. The van der Waals surface area contributed by atoms with Gasteiger partial charge in [-0.3, -0.25) is 4.79 Å². The zero-order chi connectivity index (χ0) is 17.2. The number of carbonyl (C=O) groups excluding carboxylic acids is 1. The van der Waals surface area contributed by atoms with E-state index in [1.807, 2.05) is 24.3 Å². The summed E-state index contributed by atoms with van der Waals surface area (Å²) >= 11 is 0. The van der Waals surface area contributed by atoms with Gasteiger partial charge in [0.1, 0.15) is 11.6 Å². The third kappa shape index (κ3) is 3.55. The van der Waals surface area contributed by atoms with Crippen LogP contribution in [-0.2, 0) is 17.8 Å². The van der Waals surface area contributed by atoms with E-state index < -0.39 is 0 Å². The van der Waals surface area contributed by atoms with Gasteiger partial charge in [0, 0.05) is 25.4 Å². The molecule has 128 valence electrons. The molecule has 25 heavy (non-hydrogen) atoms. The third-order valence-electron chi connectivity index (χ3n) is 4.58. The molecule has 1 saturated carbocycles. The number of amides is 1. The average molecular weight is 337 g/mol. The molecular formula is C20H20FN3O. The first-order valence-corrected chi connectivity index (χ1v) is 8.67. The molecule has 3 aromatic rings. The van der Waals surface area contributed by atoms with E-state index in [2.05, 4.69) is 9.88 Å². The van der Waals surface area contributed by atoms with Crippen LogP contribution in [-0.4, -0.2) is 22.0 Å². The molecule has 0 atom stereocenters. The predicted octanol–water partition coefficient (Wildman–Crippen LogP) is 3.29. The fourth-order valence-electron chi connectivity index (χ4n) is 3.05. The van der Waals surface area contributed by atoms with Gasteiger partial charge >= 0.3 is 0 Å². The first-order chi connectivity index (χ1) is 12.2. The Labute approximate surface area is 145 Å². The van der Waals surface area contributed by atoms with E-state index in [1.165, 1.54) is 12.1 Å². The van der Waals surface area contributed by atoms with Gasteiger partial charge in [0.2, 0.25) is 5.91 Å². The lowest BCUT2D eigenvalue weighted by molar-refractivity contribution is -0.122. The molecule has 5 heteroatoms. The van der Waals surface area contributed by atoms with Crippen LogP contribution in [0.1, 0.15) is 24.2 Å². The molecule has 0 spiro atoms. The van der Waals surface area contributed by atoms with Crippen LogP contribution in [0.5, 0.6) is 0 Å². The summed E-state index contributed by atoms with van der Waals surface area (Å²) in [4.78, 5) is 16.5. The summed E-state index contributed by atoms with van der Waals surface area (Å²) in [6.45, 7) is 1.22. The van der Waals surface area contributed by atoms with Crippen molar-refractivity contribution in [1.82, 2.24) is 14.9 Å². The van der Waals surface area contributed by atoms with Gasteiger partial charge < -0.3 is 9.88 Å². The lowest BCUT2D eigenvalue weighted by Crippen LogP contribution is -2.27. The molecule has 0 unspecified atom stereocenters. The van der Waals surface area contributed by atoms with Crippen molar-refractivity contribution in [2.24, 2.45) is 5.92 Å². The van der Waals surface area contributed by atoms with Crippen molar-refractivity contribution in [3.63, 3.8) is 0 Å². The second-order valence-corrected chi connectivity index (χ2v) is 6.54. The van der Waals surface area contributed by atoms with E-state index in [4.69, 9.17) is 4.98 Å². The van der Waals surface area contributed by atoms with Crippen LogP contribution in [0.2, 0.25) is 0 Å². The fourth-order valence-corrected chi connectivity index (χ4v) is 3.05. The average Bonchev–Trinajstić information content (AvgIpc) is 3.41. The number of hydrogen-bond donors (Lipinski definition) is 1. The zero-order valence-corrected chi connectivity index (χ0v) is 13.9. The Morgan fingerprint density at radius 3 is 2.68 bits per heavy atom. The number of benzene rings is 2. The number of halogens is 1. The van der Waals surface area contributed by atoms with Crippen molar-refractivity contribution in [2.75, 3.05) is 6.54 Å². The van der Waals surface area contributed by atoms with Crippen LogP contribution in [0.3, 0.4) is 0 Å². The van der Waals surface area contributed by atoms with Gasteiger partial charge in [-0.2, -0.15) is 0 Å². The molecule has 4 rings (SSSR count). The summed E-state index contributed by atoms with van der Waals surface area (Å²) in [5.74, 6) is 1.07. The van der Waals surface area contributed by atoms with Gasteiger partial charge in [-0.15, -0.1) is 0 Å². The van der Waals surface area contributed by atoms with E-state index in [0.29, 0.717) is 19.5 Å². The number of rotatable bonds is 6. The van der Waals surface area contributed by atoms with Gasteiger partial charge in [-0.1, -0.05) is 24.3 Å². The lowest BCUT2D eigenvalue weighted by Gasteiger charge is -2.10. The van der Waals surface area contributed by atoms with E-state index in [9.17, 15) is 9.18 Å². The largest absolute Gasteiger partial charge is 0.355 e. The van der Waals surface area contributed by atoms with Crippen molar-refractivity contribution >= 4 is 16.9 Å². The lowest BCUT2D eigenvalue weighted by atomic mass is 10.2. The van der Waals surface area contributed by atoms with E-state index in [-0.39, 0.29) is 17.6 Å². The fraction of sp³-hybridized carbons (Fsp3) is 0.300. The summed E-state index contributed by atoms with van der Waals surface area (Å²) < 4.78 is 15.3. The molecule has 2 aromatic carbocycles. The van der Waals surface area contributed by atoms with Crippen LogP contribution >= 0.6 is 0 Å². The van der Waals surface area contributed by atoms with Gasteiger partial charge in [-0.25, -0.2) is 9.37 Å². The number of nitrogens with zero attached hydrogens (tertiary/aromatic N) is 2. The second-order valence-electron chi connectivity index (χ2n) is 6.54. The summed E-state index contributed by atoms with van der Waals surface area (Å²) in [7, 11) is 0. The van der Waals surface area contributed by atoms with Crippen LogP contribution in [0.4, 0.5) is 4.39 Å². The van der Waals surface area contributed by atoms with Gasteiger partial charge in [0.25, 0.3) is 0 Å². The molecular weight excluding hydrogens is 317 g/mol. The quantitative estimate of drug-likeness (QED) is 0.750. The molecule has 1 aliphatic carbocycles. The minimum absolute atomic E-state index is 0.154. The molecule has 0 saturated heterocycles. The number of fused-ring (bicyclic) bond motifs is 1. The molecule has 1 amide bonds. The predicted molar refractivity (Wildman–Crippen MR) is 94.7 cm³/mol. The van der Waals surface area contributed by atoms with Crippen molar-refractivity contribution < 1.29 is 9.18 Å². The standard InChI is InChI=1S/C20H20FN3O/c21-16-9-5-14(6-10-16)13-24-18-4-2-1-3-17(18)23-19(24)11-12-22-20(25)15-7-8-15/h1-6,9-10,15H,7-8,11-13H2,(H,22,25). The number of para-hydroxylation sites is 2. The van der Waals surface area contributed by atoms with Gasteiger partial charge in [-0.05, 0) is 42.7 Å². The Hall–Kier alpha value is -2.69. The molecule has 1 heterocycles. The summed E-state index contributed by atoms with van der Waals surface area (Å²) in [6, 6.07) is 14.5. The highest BCUT2D eigenvalue weighted by atomic mass is 19.1. The minimum atomic E-state index is -0.234. The smallest absolute Gasteiger partial charge is 0.223 e. The Balaban J connectivity index is 1.56. The maximum Gasteiger partial charge on any atom is 0.223 e. The summed E-state index contributed by atoms with van der Waals surface area (Å²) in [6.07, 6.45) is 2.69. The Kier molecular flexibility index (Phi) is 4.22. The Morgan fingerprint density at radius 1 is 1.16 bits per heavy atom. The van der Waals surface area contributed by atoms with Crippen LogP contribution in [0, 0.1) is 11.7 Å². The van der Waals surface area contributed by atoms with Crippen molar-refractivity contribution in [3.8, 4) is 0 Å². The topological polar surface area (TPSA) is 46.9 Å². The number of carbonyl (C=O) groups is 1. The maximum atomic E-state index is 13.2. The molecule has 0 radical (unpaired) electrons. The number of nitrogens with one attached hydrogen (secondary N) is 1. The molecule has 1 aromatic heterocycles. The highest BCUT2D eigenvalue weighted by Gasteiger charge is 2.29. The van der Waals surface area contributed by atoms with E-state index in [0.717, 1.165) is 35.3 Å². The van der Waals surface area contributed by atoms with E-state index >= 15 is 0 Å². The Morgan fingerprint density at radius 2 is 1.92 bits per heavy atom. The van der Waals surface area contributed by atoms with Crippen molar-refractivity contribution in [1.29, 1.82) is 0 Å². The SMILES string of the molecule is O=C(NCCc1nc2ccccc2n1Cc1ccc(F)cc1)C1CC1. The summed E-state index contributed by atoms with van der Waals surface area (Å²) in [5, 5.41) is 2.99. The molecule has 1 fully saturated rings. The van der Waals surface area contributed by atoms with Crippen LogP contribution in [0.25, 0.3) is 11.0 Å². The molecule has 0 bridgehead atoms. The Bertz CT molecular complexity index is 897. The minimum Gasteiger partial charge on any atom is -0.355 e. The highest BCUT2D eigenvalue weighted by molar-refractivity contribution is 5.80. The van der Waals surface area contributed by atoms with Crippen molar-refractivity contribution in [2.45, 2.75) is 25.8 Å². The second kappa shape index (κ2) is 6.67. The normalized spacial score (nSPS) is 14.0. The van der Waals surface area contributed by atoms with Gasteiger partial charge in [0.15, 0.2) is 0 Å². The van der Waals surface area contributed by atoms with Crippen LogP contribution in [0.15, 0.2) is 48.5 Å². The molecule has 1 aliphatic rings. The summed E-state index contributed by atoms with van der Waals surface area (Å²) in [5.41, 5.74) is 3.01. The van der Waals surface area contributed by atoms with Crippen LogP contribution < -0.4 is 5.32 Å². The monoisotopic (exact) mass is 337 g/mol. The molecule has 0 aliphatic heterocycles. The zero-order valence-electron chi connectivity index (χ0n) is 13.9. The third-order valence-corrected chi connectivity index (χ3v) is 4.58. The highest BCUT2D eigenvalue weighted by Crippen LogP contribution is 2.28. The number of hydrogen-bond acceptors (Lipinski definition) is 2. The first kappa shape index (κ1) is 15.8. The van der Waals surface area contributed by atoms with E-state index in [1.54, 1.807) is 12.1 Å². The molecule has 4 nitrogen and oxygen atoms in total. The maximum absolute atomic E-state index is 13.2. The van der Waals surface area contributed by atoms with Gasteiger partial charge in [0.05, 0.1) is 11.0 Å². The van der Waals surface area contributed by atoms with Crippen molar-refractivity contribution in [3.05, 3.63) is 65.7 Å².